The molecule has 0 aliphatic heterocycles. The van der Waals surface area contributed by atoms with E-state index < -0.39 is 0 Å². The predicted molar refractivity (Wildman–Crippen MR) is 99.1 cm³/mol. The molecule has 0 unspecified atom stereocenters. The molecule has 0 saturated heterocycles. The average molecular weight is 340 g/mol. The van der Waals surface area contributed by atoms with Crippen molar-refractivity contribution in [2.45, 2.75) is 26.2 Å². The summed E-state index contributed by atoms with van der Waals surface area (Å²) in [7, 11) is 1.56. The van der Waals surface area contributed by atoms with Gasteiger partial charge in [0, 0.05) is 18.3 Å². The van der Waals surface area contributed by atoms with Crippen LogP contribution in [-0.4, -0.2) is 25.5 Å². The summed E-state index contributed by atoms with van der Waals surface area (Å²) >= 11 is 0. The largest absolute Gasteiger partial charge is 0.484 e. The van der Waals surface area contributed by atoms with E-state index >= 15 is 0 Å². The van der Waals surface area contributed by atoms with Crippen molar-refractivity contribution in [1.82, 2.24) is 5.32 Å². The molecular formula is C20H24N2O3. The van der Waals surface area contributed by atoms with Gasteiger partial charge in [-0.1, -0.05) is 39.0 Å². The van der Waals surface area contributed by atoms with E-state index in [1.807, 2.05) is 24.3 Å². The van der Waals surface area contributed by atoms with E-state index in [4.69, 9.17) is 4.74 Å². The number of carbonyl (C=O) groups excluding carboxylic acids is 2. The van der Waals surface area contributed by atoms with E-state index in [1.54, 1.807) is 31.3 Å². The monoisotopic (exact) mass is 340 g/mol. The van der Waals surface area contributed by atoms with Crippen molar-refractivity contribution >= 4 is 17.5 Å². The molecule has 0 aliphatic carbocycles. The Kier molecular flexibility index (Phi) is 5.80. The molecule has 0 saturated carbocycles. The van der Waals surface area contributed by atoms with Gasteiger partial charge in [-0.2, -0.15) is 0 Å². The van der Waals surface area contributed by atoms with Crippen LogP contribution in [0.2, 0.25) is 0 Å². The molecule has 2 rings (SSSR count). The highest BCUT2D eigenvalue weighted by Crippen LogP contribution is 2.24. The zero-order chi connectivity index (χ0) is 18.4. The lowest BCUT2D eigenvalue weighted by Gasteiger charge is -2.19. The third-order valence-electron chi connectivity index (χ3n) is 3.73. The molecular weight excluding hydrogens is 316 g/mol. The van der Waals surface area contributed by atoms with Crippen LogP contribution >= 0.6 is 0 Å². The first-order chi connectivity index (χ1) is 11.8. The minimum Gasteiger partial charge on any atom is -0.484 e. The maximum Gasteiger partial charge on any atom is 0.262 e. The molecule has 2 aromatic carbocycles. The zero-order valence-corrected chi connectivity index (χ0v) is 15.1. The Labute approximate surface area is 148 Å². The van der Waals surface area contributed by atoms with Gasteiger partial charge < -0.3 is 15.4 Å². The number of hydrogen-bond acceptors (Lipinski definition) is 3. The van der Waals surface area contributed by atoms with Gasteiger partial charge in [0.1, 0.15) is 5.75 Å². The summed E-state index contributed by atoms with van der Waals surface area (Å²) in [5.74, 6) is 0.155. The Morgan fingerprint density at radius 1 is 1.04 bits per heavy atom. The Morgan fingerprint density at radius 2 is 1.72 bits per heavy atom. The first-order valence-corrected chi connectivity index (χ1v) is 8.15. The number of anilines is 1. The van der Waals surface area contributed by atoms with E-state index in [-0.39, 0.29) is 23.8 Å². The lowest BCUT2D eigenvalue weighted by Crippen LogP contribution is -2.21. The summed E-state index contributed by atoms with van der Waals surface area (Å²) in [4.78, 5) is 23.6. The third kappa shape index (κ3) is 5.35. The molecule has 0 radical (unpaired) electrons. The number of carbonyl (C=O) groups is 2. The second-order valence-electron chi connectivity index (χ2n) is 6.77. The summed E-state index contributed by atoms with van der Waals surface area (Å²) in [5.41, 5.74) is 2.32. The van der Waals surface area contributed by atoms with Crippen LogP contribution in [0, 0.1) is 0 Å². The minimum atomic E-state index is -0.283. The predicted octanol–water partition coefficient (Wildman–Crippen LogP) is 3.36. The topological polar surface area (TPSA) is 67.4 Å². The third-order valence-corrected chi connectivity index (χ3v) is 3.73. The van der Waals surface area contributed by atoms with Gasteiger partial charge >= 0.3 is 0 Å². The first-order valence-electron chi connectivity index (χ1n) is 8.15. The second kappa shape index (κ2) is 7.83. The molecule has 2 aromatic rings. The Morgan fingerprint density at radius 3 is 2.32 bits per heavy atom. The molecule has 0 heterocycles. The standard InChI is InChI=1S/C20H24N2O3/c1-20(2,3)15-8-10-17(11-9-15)25-13-18(23)22-16-7-5-6-14(12-16)19(24)21-4/h5-12H,13H2,1-4H3,(H,21,24)(H,22,23). The molecule has 0 aliphatic rings. The van der Waals surface area contributed by atoms with Crippen molar-refractivity contribution in [1.29, 1.82) is 0 Å². The number of ether oxygens (including phenoxy) is 1. The summed E-state index contributed by atoms with van der Waals surface area (Å²) in [6, 6.07) is 14.5. The molecule has 0 aromatic heterocycles. The van der Waals surface area contributed by atoms with Gasteiger partial charge in [0.15, 0.2) is 6.61 Å². The zero-order valence-electron chi connectivity index (χ0n) is 15.1. The fraction of sp³-hybridized carbons (Fsp3) is 0.300. The van der Waals surface area contributed by atoms with Crippen LogP contribution in [0.25, 0.3) is 0 Å². The average Bonchev–Trinajstić information content (AvgIpc) is 2.59. The minimum absolute atomic E-state index is 0.0751. The highest BCUT2D eigenvalue weighted by molar-refractivity contribution is 5.97. The smallest absolute Gasteiger partial charge is 0.262 e. The molecule has 5 nitrogen and oxygen atoms in total. The molecule has 0 atom stereocenters. The molecule has 25 heavy (non-hydrogen) atoms. The molecule has 0 fully saturated rings. The van der Waals surface area contributed by atoms with Gasteiger partial charge in [-0.3, -0.25) is 9.59 Å². The van der Waals surface area contributed by atoms with E-state index in [0.29, 0.717) is 17.0 Å². The van der Waals surface area contributed by atoms with Crippen LogP contribution in [0.3, 0.4) is 0 Å². The molecule has 0 bridgehead atoms. The maximum atomic E-state index is 12.0. The van der Waals surface area contributed by atoms with E-state index in [9.17, 15) is 9.59 Å². The first kappa shape index (κ1) is 18.5. The fourth-order valence-electron chi connectivity index (χ4n) is 2.28. The van der Waals surface area contributed by atoms with Gasteiger partial charge in [0.25, 0.3) is 11.8 Å². The lowest BCUT2D eigenvalue weighted by molar-refractivity contribution is -0.118. The molecule has 5 heteroatoms. The van der Waals surface area contributed by atoms with E-state index in [0.717, 1.165) is 0 Å². The molecule has 0 spiro atoms. The van der Waals surface area contributed by atoms with Crippen molar-refractivity contribution in [3.05, 3.63) is 59.7 Å². The van der Waals surface area contributed by atoms with Crippen molar-refractivity contribution in [2.75, 3.05) is 19.0 Å². The SMILES string of the molecule is CNC(=O)c1cccc(NC(=O)COc2ccc(C(C)(C)C)cc2)c1. The van der Waals surface area contributed by atoms with Crippen molar-refractivity contribution in [3.63, 3.8) is 0 Å². The van der Waals surface area contributed by atoms with Crippen LogP contribution in [0.5, 0.6) is 5.75 Å². The van der Waals surface area contributed by atoms with Crippen LogP contribution in [0.1, 0.15) is 36.7 Å². The van der Waals surface area contributed by atoms with E-state index in [2.05, 4.69) is 31.4 Å². The normalized spacial score (nSPS) is 10.9. The number of benzene rings is 2. The Balaban J connectivity index is 1.92. The highest BCUT2D eigenvalue weighted by atomic mass is 16.5. The number of nitrogens with one attached hydrogen (secondary N) is 2. The number of amides is 2. The number of rotatable bonds is 5. The molecule has 2 N–H and O–H groups in total. The van der Waals surface area contributed by atoms with Gasteiger partial charge in [0.2, 0.25) is 0 Å². The quantitative estimate of drug-likeness (QED) is 0.877. The number of hydrogen-bond donors (Lipinski definition) is 2. The van der Waals surface area contributed by atoms with Crippen LogP contribution < -0.4 is 15.4 Å². The summed E-state index contributed by atoms with van der Waals surface area (Å²) in [5, 5.41) is 5.27. The van der Waals surface area contributed by atoms with E-state index in [1.165, 1.54) is 5.56 Å². The Hall–Kier alpha value is -2.82. The van der Waals surface area contributed by atoms with Crippen molar-refractivity contribution in [2.24, 2.45) is 0 Å². The summed E-state index contributed by atoms with van der Waals surface area (Å²) < 4.78 is 5.52. The van der Waals surface area contributed by atoms with Gasteiger partial charge in [-0.05, 0) is 41.3 Å². The Bertz CT molecular complexity index is 746. The van der Waals surface area contributed by atoms with Gasteiger partial charge in [-0.25, -0.2) is 0 Å². The van der Waals surface area contributed by atoms with Crippen molar-refractivity contribution in [3.8, 4) is 5.75 Å². The molecule has 132 valence electrons. The second-order valence-corrected chi connectivity index (χ2v) is 6.77. The maximum absolute atomic E-state index is 12.0. The summed E-state index contributed by atoms with van der Waals surface area (Å²) in [6.45, 7) is 6.33. The van der Waals surface area contributed by atoms with Gasteiger partial charge in [-0.15, -0.1) is 0 Å². The van der Waals surface area contributed by atoms with Crippen LogP contribution in [0.15, 0.2) is 48.5 Å². The fourth-order valence-corrected chi connectivity index (χ4v) is 2.28. The van der Waals surface area contributed by atoms with Crippen LogP contribution in [-0.2, 0) is 10.2 Å². The van der Waals surface area contributed by atoms with Gasteiger partial charge in [0.05, 0.1) is 0 Å². The van der Waals surface area contributed by atoms with Crippen LogP contribution in [0.4, 0.5) is 5.69 Å². The summed E-state index contributed by atoms with van der Waals surface area (Å²) in [6.07, 6.45) is 0. The van der Waals surface area contributed by atoms with Crippen molar-refractivity contribution < 1.29 is 14.3 Å². The highest BCUT2D eigenvalue weighted by Gasteiger charge is 2.13. The lowest BCUT2D eigenvalue weighted by atomic mass is 9.87. The molecule has 2 amide bonds.